The molecule has 63 heavy (non-hydrogen) atoms. The number of azo groups is 2. The summed E-state index contributed by atoms with van der Waals surface area (Å²) in [5.74, 6) is -2.16. The summed E-state index contributed by atoms with van der Waals surface area (Å²) in [5.41, 5.74) is 4.26. The fourth-order valence-corrected chi connectivity index (χ4v) is 10.9. The average Bonchev–Trinajstić information content (AvgIpc) is 3.22. The van der Waals surface area contributed by atoms with Crippen molar-refractivity contribution < 1.29 is 96.0 Å². The Morgan fingerprint density at radius 3 is 1.92 bits per heavy atom. The monoisotopic (exact) mass is 1020 g/mol. The van der Waals surface area contributed by atoms with E-state index >= 15 is 0 Å². The second-order valence-corrected chi connectivity index (χ2v) is 20.8. The third-order valence-corrected chi connectivity index (χ3v) is 15.1. The number of benzene rings is 5. The standard InChI is InChI=1S/C30H27N5O21S7/c31-22-6-5-20-21(27(22)34-32-23-8-3-18(14-26(23)62(44,45)46)61(42,43)12-10-57-54-51-37)15-25(58-55-52-38)28(29(20)36)35-33-24-7-1-16-13-17(2-4-19(16)30(24)63(47,48)49)60(40,41)11-9-50-59-56-53-39/h1-8,13-15,36-39H,9-12,31H2,(H,44,45,46)(H,47,48,49)/b34-32+,35-33+. The quantitative estimate of drug-likeness (QED) is 0.00725. The molecule has 0 unspecified atom stereocenters. The van der Waals surface area contributed by atoms with Gasteiger partial charge in [-0.25, -0.2) is 32.6 Å². The number of nitrogens with two attached hydrogens (primary N) is 1. The SMILES string of the molecule is Nc1ccc2c(O)c(/N=N/c3ccc4cc(S(=O)(=O)CCOSOOO)ccc4c3S(=O)(=O)O)c(SOOO)cc2c1/N=N/c1ccc(S(=O)(=O)CCSOOO)cc1S(=O)(=O)O. The fourth-order valence-electron chi connectivity index (χ4n) is 5.39. The zero-order valence-electron chi connectivity index (χ0n) is 30.7. The third kappa shape index (κ3) is 12.3. The maximum absolute atomic E-state index is 12.9. The van der Waals surface area contributed by atoms with E-state index in [0.29, 0.717) is 18.1 Å². The highest BCUT2D eigenvalue weighted by molar-refractivity contribution is 7.97. The van der Waals surface area contributed by atoms with Crippen molar-refractivity contribution in [1.29, 1.82) is 0 Å². The van der Waals surface area contributed by atoms with Crippen molar-refractivity contribution in [1.82, 2.24) is 0 Å². The van der Waals surface area contributed by atoms with Gasteiger partial charge in [0.2, 0.25) is 0 Å². The van der Waals surface area contributed by atoms with E-state index in [2.05, 4.69) is 48.6 Å². The normalized spacial score (nSPS) is 13.0. The molecular weight excluding hydrogens is 991 g/mol. The van der Waals surface area contributed by atoms with Crippen LogP contribution in [0.1, 0.15) is 0 Å². The molecule has 0 aliphatic rings. The van der Waals surface area contributed by atoms with Gasteiger partial charge in [0.1, 0.15) is 32.5 Å². The summed E-state index contributed by atoms with van der Waals surface area (Å²) in [7, 11) is -18.5. The molecule has 0 spiro atoms. The van der Waals surface area contributed by atoms with Crippen molar-refractivity contribution in [2.24, 2.45) is 20.5 Å². The fraction of sp³-hybridized carbons (Fsp3) is 0.133. The van der Waals surface area contributed by atoms with Crippen molar-refractivity contribution in [3.63, 3.8) is 0 Å². The Hall–Kier alpha value is -4.21. The molecule has 0 saturated heterocycles. The molecule has 0 aliphatic carbocycles. The lowest BCUT2D eigenvalue weighted by atomic mass is 10.1. The van der Waals surface area contributed by atoms with E-state index in [1.165, 1.54) is 24.3 Å². The molecule has 0 aliphatic heterocycles. The minimum Gasteiger partial charge on any atom is -0.505 e. The van der Waals surface area contributed by atoms with Crippen LogP contribution in [-0.2, 0) is 72.2 Å². The first-order valence-electron chi connectivity index (χ1n) is 16.3. The second-order valence-electron chi connectivity index (χ2n) is 11.8. The lowest BCUT2D eigenvalue weighted by molar-refractivity contribution is -0.434. The van der Waals surface area contributed by atoms with Gasteiger partial charge in [-0.1, -0.05) is 27.2 Å². The maximum Gasteiger partial charge on any atom is 0.297 e. The maximum atomic E-state index is 12.9. The van der Waals surface area contributed by atoms with Gasteiger partial charge in [-0.05, 0) is 60.0 Å². The smallest absolute Gasteiger partial charge is 0.297 e. The largest absolute Gasteiger partial charge is 0.505 e. The zero-order valence-corrected chi connectivity index (χ0v) is 36.4. The van der Waals surface area contributed by atoms with Crippen molar-refractivity contribution in [2.45, 2.75) is 24.5 Å². The molecule has 5 aromatic carbocycles. The van der Waals surface area contributed by atoms with Crippen molar-refractivity contribution in [2.75, 3.05) is 29.6 Å². The van der Waals surface area contributed by atoms with Crippen LogP contribution in [0.2, 0.25) is 0 Å². The van der Waals surface area contributed by atoms with E-state index in [1.807, 2.05) is 0 Å². The Morgan fingerprint density at radius 1 is 0.619 bits per heavy atom. The van der Waals surface area contributed by atoms with Gasteiger partial charge in [0, 0.05) is 34.0 Å². The molecule has 0 saturated carbocycles. The lowest BCUT2D eigenvalue weighted by Gasteiger charge is -2.12. The Labute approximate surface area is 367 Å². The molecule has 0 heterocycles. The molecule has 340 valence electrons. The van der Waals surface area contributed by atoms with Crippen LogP contribution in [0.4, 0.5) is 28.4 Å². The van der Waals surface area contributed by atoms with Crippen molar-refractivity contribution >= 4 is 126 Å². The number of hydrogen-bond donors (Lipinski definition) is 7. The summed E-state index contributed by atoms with van der Waals surface area (Å²) < 4.78 is 139. The van der Waals surface area contributed by atoms with Gasteiger partial charge in [0.05, 0.1) is 50.5 Å². The van der Waals surface area contributed by atoms with Gasteiger partial charge in [0.25, 0.3) is 20.2 Å². The summed E-state index contributed by atoms with van der Waals surface area (Å²) in [5, 5.41) is 62.6. The Balaban J connectivity index is 1.57. The highest BCUT2D eigenvalue weighted by Crippen LogP contribution is 2.48. The lowest BCUT2D eigenvalue weighted by Crippen LogP contribution is -2.11. The van der Waals surface area contributed by atoms with E-state index < -0.39 is 95.5 Å². The Bertz CT molecular complexity index is 3030. The molecule has 5 aromatic rings. The van der Waals surface area contributed by atoms with E-state index in [0.717, 1.165) is 36.4 Å². The van der Waals surface area contributed by atoms with Crippen LogP contribution >= 0.6 is 36.4 Å². The van der Waals surface area contributed by atoms with Gasteiger partial charge in [-0.2, -0.15) is 16.8 Å². The second kappa shape index (κ2) is 21.2. The topological polar surface area (TPSA) is 398 Å². The summed E-state index contributed by atoms with van der Waals surface area (Å²) in [6.45, 7) is -0.412. The molecule has 5 rings (SSSR count). The van der Waals surface area contributed by atoms with Crippen molar-refractivity contribution in [3.8, 4) is 5.75 Å². The number of hydrogen-bond acceptors (Lipinski definition) is 27. The van der Waals surface area contributed by atoms with Gasteiger partial charge >= 0.3 is 0 Å². The number of anilines is 1. The molecule has 0 bridgehead atoms. The molecule has 8 N–H and O–H groups in total. The van der Waals surface area contributed by atoms with Gasteiger partial charge < -0.3 is 10.8 Å². The number of aromatic hydroxyl groups is 1. The molecule has 33 heteroatoms. The van der Waals surface area contributed by atoms with Gasteiger partial charge in [-0.15, -0.1) is 33.5 Å². The first-order chi connectivity index (χ1) is 29.7. The van der Waals surface area contributed by atoms with Crippen LogP contribution in [0.15, 0.2) is 112 Å². The number of phenolic OH excluding ortho intramolecular Hbond substituents is 1. The van der Waals surface area contributed by atoms with E-state index in [4.69, 9.17) is 25.7 Å². The van der Waals surface area contributed by atoms with Crippen LogP contribution < -0.4 is 5.73 Å². The first kappa shape index (κ1) is 49.8. The van der Waals surface area contributed by atoms with E-state index in [-0.39, 0.29) is 72.8 Å². The predicted molar refractivity (Wildman–Crippen MR) is 219 cm³/mol. The third-order valence-electron chi connectivity index (χ3n) is 8.07. The van der Waals surface area contributed by atoms with Crippen LogP contribution in [0.3, 0.4) is 0 Å². The van der Waals surface area contributed by atoms with E-state index in [1.54, 1.807) is 0 Å². The summed E-state index contributed by atoms with van der Waals surface area (Å²) in [4.78, 5) is -2.83. The van der Waals surface area contributed by atoms with Gasteiger partial charge in [-0.3, -0.25) is 13.3 Å². The molecular formula is C30H27N5O21S7. The number of sulfone groups is 2. The van der Waals surface area contributed by atoms with Crippen LogP contribution in [0.25, 0.3) is 21.5 Å². The number of nitrogens with zero attached hydrogens (tertiary/aromatic N) is 4. The highest BCUT2D eigenvalue weighted by Gasteiger charge is 2.25. The number of fused-ring (bicyclic) bond motifs is 2. The Kier molecular flexibility index (Phi) is 16.7. The molecule has 0 radical (unpaired) electrons. The summed E-state index contributed by atoms with van der Waals surface area (Å²) >= 11 is 0.818. The molecule has 0 aromatic heterocycles. The predicted octanol–water partition coefficient (Wildman–Crippen LogP) is 6.65. The first-order valence-corrected chi connectivity index (χ1v) is 24.8. The molecule has 0 atom stereocenters. The molecule has 0 amide bonds. The average molecular weight is 1020 g/mol. The zero-order chi connectivity index (χ0) is 46.2. The van der Waals surface area contributed by atoms with Gasteiger partial charge in [0.15, 0.2) is 37.7 Å². The Morgan fingerprint density at radius 2 is 1.24 bits per heavy atom. The molecule has 0 fully saturated rings. The van der Waals surface area contributed by atoms with Crippen molar-refractivity contribution in [3.05, 3.63) is 66.7 Å². The minimum absolute atomic E-state index is 0.0214. The van der Waals surface area contributed by atoms with E-state index in [9.17, 15) is 47.9 Å². The highest BCUT2D eigenvalue weighted by atomic mass is 32.2. The van der Waals surface area contributed by atoms with Crippen LogP contribution in [0, 0.1) is 0 Å². The molecule has 26 nitrogen and oxygen atoms in total. The summed E-state index contributed by atoms with van der Waals surface area (Å²) in [6, 6.07) is 11.8. The van der Waals surface area contributed by atoms with Crippen LogP contribution in [-0.4, -0.2) is 87.5 Å². The number of rotatable bonds is 22. The number of nitrogen functional groups attached to an aromatic ring is 1. The summed E-state index contributed by atoms with van der Waals surface area (Å²) in [6.07, 6.45) is 0. The minimum atomic E-state index is -5.15. The van der Waals surface area contributed by atoms with Crippen LogP contribution in [0.5, 0.6) is 5.75 Å². The number of phenols is 1.